The number of aromatic carboxylic acids is 1. The van der Waals surface area contributed by atoms with Gasteiger partial charge in [-0.15, -0.1) is 0 Å². The number of carboxylic acid groups (broad SMARTS) is 1. The first-order valence-electron chi connectivity index (χ1n) is 6.44. The number of benzene rings is 1. The number of carboxylic acids is 1. The minimum Gasteiger partial charge on any atom is -0.493 e. The van der Waals surface area contributed by atoms with Gasteiger partial charge in [-0.3, -0.25) is 0 Å². The van der Waals surface area contributed by atoms with Crippen LogP contribution < -0.4 is 4.74 Å². The van der Waals surface area contributed by atoms with E-state index in [4.69, 9.17) is 9.84 Å². The van der Waals surface area contributed by atoms with E-state index in [0.29, 0.717) is 18.8 Å². The molecule has 0 saturated carbocycles. The molecule has 0 fully saturated rings. The van der Waals surface area contributed by atoms with Gasteiger partial charge >= 0.3 is 5.97 Å². The van der Waals surface area contributed by atoms with Gasteiger partial charge in [0.25, 0.3) is 0 Å². The third-order valence-electron chi connectivity index (χ3n) is 2.99. The standard InChI is InChI=1S/C14H20O5S/c1-4-20(17,18)7-5-6-19-13-10(2)8-12(14(15)16)9-11(13)3/h8-9H,4-7H2,1-3H3,(H,15,16). The van der Waals surface area contributed by atoms with E-state index in [0.717, 1.165) is 11.1 Å². The lowest BCUT2D eigenvalue weighted by molar-refractivity contribution is 0.0696. The minimum atomic E-state index is -2.97. The van der Waals surface area contributed by atoms with Gasteiger partial charge in [0.15, 0.2) is 0 Å². The van der Waals surface area contributed by atoms with Crippen LogP contribution in [0.2, 0.25) is 0 Å². The van der Waals surface area contributed by atoms with Crippen molar-refractivity contribution >= 4 is 15.8 Å². The second-order valence-electron chi connectivity index (χ2n) is 4.68. The Balaban J connectivity index is 2.68. The predicted molar refractivity (Wildman–Crippen MR) is 77.3 cm³/mol. The van der Waals surface area contributed by atoms with Gasteiger partial charge in [0.2, 0.25) is 0 Å². The van der Waals surface area contributed by atoms with Gasteiger partial charge in [0, 0.05) is 5.75 Å². The largest absolute Gasteiger partial charge is 0.493 e. The number of carbonyl (C=O) groups is 1. The molecule has 0 atom stereocenters. The Morgan fingerprint density at radius 1 is 1.25 bits per heavy atom. The molecule has 1 rings (SSSR count). The van der Waals surface area contributed by atoms with E-state index in [-0.39, 0.29) is 17.1 Å². The van der Waals surface area contributed by atoms with Crippen molar-refractivity contribution in [2.75, 3.05) is 18.1 Å². The van der Waals surface area contributed by atoms with Gasteiger partial charge in [0.1, 0.15) is 15.6 Å². The fourth-order valence-electron chi connectivity index (χ4n) is 1.90. The van der Waals surface area contributed by atoms with Crippen LogP contribution in [0.3, 0.4) is 0 Å². The molecular weight excluding hydrogens is 280 g/mol. The molecule has 20 heavy (non-hydrogen) atoms. The zero-order valence-electron chi connectivity index (χ0n) is 12.0. The second kappa shape index (κ2) is 6.74. The molecule has 0 amide bonds. The highest BCUT2D eigenvalue weighted by molar-refractivity contribution is 7.91. The summed E-state index contributed by atoms with van der Waals surface area (Å²) in [7, 11) is -2.97. The fraction of sp³-hybridized carbons (Fsp3) is 0.500. The van der Waals surface area contributed by atoms with Gasteiger partial charge < -0.3 is 9.84 Å². The van der Waals surface area contributed by atoms with Crippen molar-refractivity contribution in [1.82, 2.24) is 0 Å². The van der Waals surface area contributed by atoms with Crippen LogP contribution in [0.25, 0.3) is 0 Å². The summed E-state index contributed by atoms with van der Waals surface area (Å²) < 4.78 is 28.3. The third kappa shape index (κ3) is 4.52. The Kier molecular flexibility index (Phi) is 5.56. The summed E-state index contributed by atoms with van der Waals surface area (Å²) in [5, 5.41) is 8.95. The number of ether oxygens (including phenoxy) is 1. The summed E-state index contributed by atoms with van der Waals surface area (Å²) in [6.45, 7) is 5.47. The first kappa shape index (κ1) is 16.5. The molecule has 112 valence electrons. The van der Waals surface area contributed by atoms with Crippen molar-refractivity contribution < 1.29 is 23.1 Å². The van der Waals surface area contributed by atoms with Crippen molar-refractivity contribution in [3.8, 4) is 5.75 Å². The van der Waals surface area contributed by atoms with Gasteiger partial charge in [-0.05, 0) is 43.5 Å². The van der Waals surface area contributed by atoms with E-state index in [2.05, 4.69) is 0 Å². The molecule has 0 bridgehead atoms. The summed E-state index contributed by atoms with van der Waals surface area (Å²) in [5.74, 6) is -0.103. The lowest BCUT2D eigenvalue weighted by Gasteiger charge is -2.13. The quantitative estimate of drug-likeness (QED) is 0.781. The maximum Gasteiger partial charge on any atom is 0.335 e. The van der Waals surface area contributed by atoms with Crippen LogP contribution in [0.4, 0.5) is 0 Å². The van der Waals surface area contributed by atoms with Crippen LogP contribution in [0.1, 0.15) is 34.8 Å². The number of sulfone groups is 1. The molecule has 6 heteroatoms. The zero-order valence-corrected chi connectivity index (χ0v) is 12.8. The van der Waals surface area contributed by atoms with Crippen LogP contribution in [0.15, 0.2) is 12.1 Å². The molecular formula is C14H20O5S. The molecule has 0 aliphatic heterocycles. The Morgan fingerprint density at radius 3 is 2.25 bits per heavy atom. The van der Waals surface area contributed by atoms with Crippen molar-refractivity contribution in [2.24, 2.45) is 0 Å². The lowest BCUT2D eigenvalue weighted by Crippen LogP contribution is -2.12. The highest BCUT2D eigenvalue weighted by Crippen LogP contribution is 2.25. The molecule has 1 aromatic carbocycles. The first-order valence-corrected chi connectivity index (χ1v) is 8.26. The van der Waals surface area contributed by atoms with Crippen molar-refractivity contribution in [2.45, 2.75) is 27.2 Å². The molecule has 0 aliphatic rings. The summed E-state index contributed by atoms with van der Waals surface area (Å²) >= 11 is 0. The summed E-state index contributed by atoms with van der Waals surface area (Å²) in [5.41, 5.74) is 1.70. The van der Waals surface area contributed by atoms with Crippen LogP contribution in [0.5, 0.6) is 5.75 Å². The molecule has 0 aromatic heterocycles. The second-order valence-corrected chi connectivity index (χ2v) is 7.16. The third-order valence-corrected chi connectivity index (χ3v) is 4.78. The Hall–Kier alpha value is -1.56. The Bertz CT molecular complexity index is 567. The predicted octanol–water partition coefficient (Wildman–Crippen LogP) is 2.21. The maximum atomic E-state index is 11.3. The van der Waals surface area contributed by atoms with Gasteiger partial charge in [-0.1, -0.05) is 6.92 Å². The number of aryl methyl sites for hydroxylation is 2. The van der Waals surface area contributed by atoms with Crippen molar-refractivity contribution in [3.63, 3.8) is 0 Å². The Labute approximate surface area is 119 Å². The summed E-state index contributed by atoms with van der Waals surface area (Å²) in [6, 6.07) is 3.10. The molecule has 1 N–H and O–H groups in total. The van der Waals surface area contributed by atoms with E-state index in [9.17, 15) is 13.2 Å². The van der Waals surface area contributed by atoms with Gasteiger partial charge in [-0.2, -0.15) is 0 Å². The zero-order chi connectivity index (χ0) is 15.3. The smallest absolute Gasteiger partial charge is 0.335 e. The highest BCUT2D eigenvalue weighted by Gasteiger charge is 2.11. The highest BCUT2D eigenvalue weighted by atomic mass is 32.2. The molecule has 0 unspecified atom stereocenters. The average Bonchev–Trinajstić information content (AvgIpc) is 2.36. The van der Waals surface area contributed by atoms with Crippen LogP contribution >= 0.6 is 0 Å². The molecule has 0 saturated heterocycles. The number of hydrogen-bond acceptors (Lipinski definition) is 4. The number of hydrogen-bond donors (Lipinski definition) is 1. The number of rotatable bonds is 7. The molecule has 0 aliphatic carbocycles. The monoisotopic (exact) mass is 300 g/mol. The lowest BCUT2D eigenvalue weighted by atomic mass is 10.1. The molecule has 0 heterocycles. The van der Waals surface area contributed by atoms with Crippen LogP contribution in [-0.4, -0.2) is 37.6 Å². The summed E-state index contributed by atoms with van der Waals surface area (Å²) in [6.07, 6.45) is 0.426. The SMILES string of the molecule is CCS(=O)(=O)CCCOc1c(C)cc(C(=O)O)cc1C. The fourth-order valence-corrected chi connectivity index (χ4v) is 2.75. The maximum absolute atomic E-state index is 11.3. The topological polar surface area (TPSA) is 80.7 Å². The van der Waals surface area contributed by atoms with E-state index in [1.54, 1.807) is 32.9 Å². The van der Waals surface area contributed by atoms with E-state index in [1.165, 1.54) is 0 Å². The van der Waals surface area contributed by atoms with E-state index in [1.807, 2.05) is 0 Å². The Morgan fingerprint density at radius 2 is 1.80 bits per heavy atom. The van der Waals surface area contributed by atoms with Gasteiger partial charge in [0.05, 0.1) is 17.9 Å². The molecule has 1 aromatic rings. The van der Waals surface area contributed by atoms with E-state index >= 15 is 0 Å². The van der Waals surface area contributed by atoms with E-state index < -0.39 is 15.8 Å². The minimum absolute atomic E-state index is 0.106. The average molecular weight is 300 g/mol. The molecule has 0 radical (unpaired) electrons. The van der Waals surface area contributed by atoms with Gasteiger partial charge in [-0.25, -0.2) is 13.2 Å². The first-order chi connectivity index (χ1) is 9.26. The van der Waals surface area contributed by atoms with Crippen LogP contribution in [-0.2, 0) is 9.84 Å². The van der Waals surface area contributed by atoms with Crippen molar-refractivity contribution in [3.05, 3.63) is 28.8 Å². The van der Waals surface area contributed by atoms with Crippen molar-refractivity contribution in [1.29, 1.82) is 0 Å². The van der Waals surface area contributed by atoms with Crippen LogP contribution in [0, 0.1) is 13.8 Å². The molecule has 5 nitrogen and oxygen atoms in total. The normalized spacial score (nSPS) is 11.3. The summed E-state index contributed by atoms with van der Waals surface area (Å²) in [4.78, 5) is 10.9. The molecule has 0 spiro atoms.